The third-order valence-electron chi connectivity index (χ3n) is 6.54. The lowest BCUT2D eigenvalue weighted by molar-refractivity contribution is -0.187. The molecule has 250 valence electrons. The number of fused-ring (bicyclic) bond motifs is 1. The van der Waals surface area contributed by atoms with Crippen molar-refractivity contribution in [1.29, 1.82) is 0 Å². The molecule has 46 heavy (non-hydrogen) atoms. The monoisotopic (exact) mass is 695 g/mol. The van der Waals surface area contributed by atoms with Gasteiger partial charge >= 0.3 is 19.5 Å². The van der Waals surface area contributed by atoms with Crippen LogP contribution in [0.2, 0.25) is 5.02 Å². The number of carbonyl (C=O) groups is 3. The molecule has 11 nitrogen and oxygen atoms in total. The number of hydrogen-bond acceptors (Lipinski definition) is 10. The minimum absolute atomic E-state index is 0.132. The Labute approximate surface area is 277 Å². The van der Waals surface area contributed by atoms with Crippen LogP contribution in [0.1, 0.15) is 52.8 Å². The summed E-state index contributed by atoms with van der Waals surface area (Å²) < 4.78 is 42.1. The first kappa shape index (κ1) is 37.1. The predicted molar refractivity (Wildman–Crippen MR) is 177 cm³/mol. The van der Waals surface area contributed by atoms with Crippen LogP contribution in [0.15, 0.2) is 54.6 Å². The molecule has 1 N–H and O–H groups in total. The lowest BCUT2D eigenvalue weighted by Crippen LogP contribution is -2.36. The number of carbonyl (C=O) groups excluding carboxylic acids is 3. The molecule has 0 spiro atoms. The first-order valence-electron chi connectivity index (χ1n) is 14.1. The van der Waals surface area contributed by atoms with Gasteiger partial charge in [-0.05, 0) is 76.1 Å². The average Bonchev–Trinajstić information content (AvgIpc) is 3.36. The number of benzene rings is 2. The highest BCUT2D eigenvalue weighted by Crippen LogP contribution is 2.60. The van der Waals surface area contributed by atoms with E-state index in [0.29, 0.717) is 26.6 Å². The van der Waals surface area contributed by atoms with Crippen molar-refractivity contribution in [3.05, 3.63) is 65.1 Å². The summed E-state index contributed by atoms with van der Waals surface area (Å²) in [5, 5.41) is 2.32. The molecule has 0 aliphatic heterocycles. The fourth-order valence-corrected chi connectivity index (χ4v) is 6.81. The van der Waals surface area contributed by atoms with Crippen LogP contribution in [0.5, 0.6) is 11.5 Å². The highest BCUT2D eigenvalue weighted by atomic mass is 35.5. The van der Waals surface area contributed by atoms with Crippen molar-refractivity contribution in [2.24, 2.45) is 10.8 Å². The van der Waals surface area contributed by atoms with Crippen LogP contribution in [0, 0.1) is 10.8 Å². The van der Waals surface area contributed by atoms with Gasteiger partial charge in [-0.3, -0.25) is 28.4 Å². The normalized spacial score (nSPS) is 14.5. The van der Waals surface area contributed by atoms with Crippen LogP contribution in [-0.2, 0) is 32.9 Å². The highest BCUT2D eigenvalue weighted by Gasteiger charge is 2.46. The maximum atomic E-state index is 14.4. The molecule has 0 saturated carbocycles. The van der Waals surface area contributed by atoms with Gasteiger partial charge in [0.1, 0.15) is 11.5 Å². The summed E-state index contributed by atoms with van der Waals surface area (Å²) in [6, 6.07) is 9.57. The third-order valence-corrected chi connectivity index (χ3v) is 9.44. The van der Waals surface area contributed by atoms with Crippen molar-refractivity contribution >= 4 is 64.2 Å². The van der Waals surface area contributed by atoms with E-state index in [0.717, 1.165) is 4.90 Å². The van der Waals surface area contributed by atoms with Gasteiger partial charge in [0.05, 0.1) is 30.7 Å². The molecule has 14 heteroatoms. The Balaban J connectivity index is 2.17. The summed E-state index contributed by atoms with van der Waals surface area (Å²) in [7, 11) is -2.29. The number of nitrogens with zero attached hydrogens (tertiary/aromatic N) is 1. The van der Waals surface area contributed by atoms with Crippen LogP contribution in [-0.4, -0.2) is 49.9 Å². The molecular formula is C32H39ClNO10PS. The van der Waals surface area contributed by atoms with Gasteiger partial charge in [0.25, 0.3) is 5.91 Å². The topological polar surface area (TPSA) is 138 Å². The van der Waals surface area contributed by atoms with Gasteiger partial charge in [0.2, 0.25) is 6.29 Å². The number of hydrogen-bond donors (Lipinski definition) is 1. The molecule has 0 aliphatic carbocycles. The molecule has 3 unspecified atom stereocenters. The summed E-state index contributed by atoms with van der Waals surface area (Å²) in [6.45, 7) is 12.6. The summed E-state index contributed by atoms with van der Waals surface area (Å²) in [4.78, 5) is 52.6. The molecule has 1 heterocycles. The van der Waals surface area contributed by atoms with Crippen molar-refractivity contribution in [2.45, 2.75) is 53.5 Å². The summed E-state index contributed by atoms with van der Waals surface area (Å²) in [6.07, 6.45) is -0.667. The fourth-order valence-electron chi connectivity index (χ4n) is 4.04. The van der Waals surface area contributed by atoms with E-state index in [1.165, 1.54) is 43.9 Å². The second-order valence-electron chi connectivity index (χ2n) is 12.3. The molecule has 3 rings (SSSR count). The molecule has 0 aliphatic rings. The van der Waals surface area contributed by atoms with Gasteiger partial charge in [-0.15, -0.1) is 11.3 Å². The molecular weight excluding hydrogens is 657 g/mol. The first-order valence-corrected chi connectivity index (χ1v) is 17.0. The standard InChI is InChI=1S/C32H39ClNO10PS/c1-10-34(20-14-21(40-8)16-22(15-20)41-9)28(35)27(24-18-46-25-12-11-19(33)13-23(24)25)45(38,39)44-26(43-30(37)32(5,6)7)17-42-29(36)31(2,3)4/h10-16,18,26-27H,1,17H2,2-9H3,(H,38,39). The number of methoxy groups -OCH3 is 2. The number of anilines is 1. The first-order chi connectivity index (χ1) is 21.3. The van der Waals surface area contributed by atoms with E-state index in [9.17, 15) is 23.8 Å². The van der Waals surface area contributed by atoms with Crippen LogP contribution in [0.4, 0.5) is 5.69 Å². The minimum Gasteiger partial charge on any atom is -0.497 e. The quantitative estimate of drug-likeness (QED) is 0.115. The number of thiophene rings is 1. The van der Waals surface area contributed by atoms with Gasteiger partial charge in [0, 0.05) is 34.1 Å². The van der Waals surface area contributed by atoms with E-state index in [4.69, 9.17) is 35.1 Å². The van der Waals surface area contributed by atoms with Crippen LogP contribution < -0.4 is 14.4 Å². The van der Waals surface area contributed by atoms with Crippen molar-refractivity contribution < 1.29 is 47.3 Å². The smallest absolute Gasteiger partial charge is 0.348 e. The Hall–Kier alpha value is -3.41. The van der Waals surface area contributed by atoms with Crippen molar-refractivity contribution in [1.82, 2.24) is 0 Å². The Bertz CT molecular complexity index is 1640. The average molecular weight is 696 g/mol. The molecule has 2 aromatic carbocycles. The lowest BCUT2D eigenvalue weighted by Gasteiger charge is -2.30. The molecule has 0 bridgehead atoms. The Morgan fingerprint density at radius 2 is 1.59 bits per heavy atom. The maximum absolute atomic E-state index is 14.4. The van der Waals surface area contributed by atoms with E-state index >= 15 is 0 Å². The van der Waals surface area contributed by atoms with Crippen molar-refractivity contribution in [3.8, 4) is 11.5 Å². The molecule has 0 saturated heterocycles. The van der Waals surface area contributed by atoms with E-state index in [1.54, 1.807) is 71.2 Å². The fraction of sp³-hybridized carbons (Fsp3) is 0.406. The van der Waals surface area contributed by atoms with Crippen LogP contribution >= 0.6 is 30.5 Å². The van der Waals surface area contributed by atoms with E-state index < -0.39 is 54.8 Å². The zero-order chi connectivity index (χ0) is 34.6. The van der Waals surface area contributed by atoms with Gasteiger partial charge in [0.15, 0.2) is 12.3 Å². The van der Waals surface area contributed by atoms with Crippen molar-refractivity contribution in [3.63, 3.8) is 0 Å². The summed E-state index contributed by atoms with van der Waals surface area (Å²) in [5.74, 6) is -1.69. The number of halogens is 1. The molecule has 0 radical (unpaired) electrons. The number of esters is 2. The summed E-state index contributed by atoms with van der Waals surface area (Å²) >= 11 is 7.51. The number of amides is 1. The maximum Gasteiger partial charge on any atom is 0.348 e. The molecule has 1 amide bonds. The van der Waals surface area contributed by atoms with Gasteiger partial charge in [-0.1, -0.05) is 18.2 Å². The van der Waals surface area contributed by atoms with E-state index in [1.807, 2.05) is 0 Å². The largest absolute Gasteiger partial charge is 0.497 e. The van der Waals surface area contributed by atoms with Crippen LogP contribution in [0.3, 0.4) is 0 Å². The van der Waals surface area contributed by atoms with Crippen molar-refractivity contribution in [2.75, 3.05) is 25.7 Å². The summed E-state index contributed by atoms with van der Waals surface area (Å²) in [5.41, 5.74) is -3.52. The zero-order valence-corrected chi connectivity index (χ0v) is 29.5. The van der Waals surface area contributed by atoms with E-state index in [-0.39, 0.29) is 11.3 Å². The van der Waals surface area contributed by atoms with Gasteiger partial charge < -0.3 is 23.8 Å². The molecule has 3 atom stereocenters. The van der Waals surface area contributed by atoms with E-state index in [2.05, 4.69) is 6.58 Å². The number of rotatable bonds is 12. The SMILES string of the molecule is C=CN(C(=O)C(c1csc2ccc(Cl)cc12)P(=O)(O)OC(COC(=O)C(C)(C)C)OC(=O)C(C)(C)C)c1cc(OC)cc(OC)c1. The predicted octanol–water partition coefficient (Wildman–Crippen LogP) is 7.50. The molecule has 1 aromatic heterocycles. The number of ether oxygens (including phenoxy) is 4. The van der Waals surface area contributed by atoms with Crippen LogP contribution in [0.25, 0.3) is 10.1 Å². The molecule has 0 fully saturated rings. The molecule has 3 aromatic rings. The zero-order valence-electron chi connectivity index (χ0n) is 27.0. The van der Waals surface area contributed by atoms with Gasteiger partial charge in [-0.2, -0.15) is 0 Å². The third kappa shape index (κ3) is 8.89. The highest BCUT2D eigenvalue weighted by molar-refractivity contribution is 7.54. The Morgan fingerprint density at radius 1 is 1.00 bits per heavy atom. The Morgan fingerprint density at radius 3 is 2.11 bits per heavy atom. The van der Waals surface area contributed by atoms with Gasteiger partial charge in [-0.25, -0.2) is 0 Å². The Kier molecular flexibility index (Phi) is 11.7. The second-order valence-corrected chi connectivity index (χ2v) is 15.5. The minimum atomic E-state index is -5.16. The second kappa shape index (κ2) is 14.6. The lowest BCUT2D eigenvalue weighted by atomic mass is 9.97.